The van der Waals surface area contributed by atoms with Gasteiger partial charge in [-0.05, 0) is 19.3 Å². The van der Waals surface area contributed by atoms with E-state index in [0.29, 0.717) is 12.1 Å². The SMILES string of the molecule is Cl.O=c1cc(CN2CCC3CCC(C2)N3)nc2sccn12. The van der Waals surface area contributed by atoms with Crippen LogP contribution in [0.2, 0.25) is 0 Å². The zero-order valence-electron chi connectivity index (χ0n) is 11.7. The second-order valence-corrected chi connectivity index (χ2v) is 6.68. The zero-order valence-corrected chi connectivity index (χ0v) is 13.3. The number of likely N-dealkylation sites (tertiary alicyclic amines) is 1. The maximum atomic E-state index is 12.0. The fourth-order valence-electron chi connectivity index (χ4n) is 3.36. The molecule has 2 saturated heterocycles. The lowest BCUT2D eigenvalue weighted by molar-refractivity contribution is 0.248. The number of fused-ring (bicyclic) bond motifs is 3. The van der Waals surface area contributed by atoms with Crippen molar-refractivity contribution in [3.63, 3.8) is 0 Å². The minimum absolute atomic E-state index is 0. The topological polar surface area (TPSA) is 49.6 Å². The summed E-state index contributed by atoms with van der Waals surface area (Å²) >= 11 is 1.51. The molecule has 2 aliphatic heterocycles. The molecule has 2 atom stereocenters. The van der Waals surface area contributed by atoms with Crippen LogP contribution in [-0.2, 0) is 6.54 Å². The Morgan fingerprint density at radius 3 is 3.10 bits per heavy atom. The lowest BCUT2D eigenvalue weighted by Crippen LogP contribution is -2.35. The number of rotatable bonds is 2. The lowest BCUT2D eigenvalue weighted by atomic mass is 10.1. The van der Waals surface area contributed by atoms with Gasteiger partial charge in [-0.15, -0.1) is 23.7 Å². The summed E-state index contributed by atoms with van der Waals surface area (Å²) in [4.78, 5) is 19.8. The van der Waals surface area contributed by atoms with Crippen molar-refractivity contribution in [2.45, 2.75) is 37.9 Å². The van der Waals surface area contributed by atoms with Crippen LogP contribution in [0.15, 0.2) is 22.4 Å². The van der Waals surface area contributed by atoms with E-state index in [2.05, 4.69) is 15.2 Å². The molecule has 21 heavy (non-hydrogen) atoms. The predicted molar refractivity (Wildman–Crippen MR) is 86.4 cm³/mol. The van der Waals surface area contributed by atoms with Crippen LogP contribution in [0.1, 0.15) is 25.0 Å². The van der Waals surface area contributed by atoms with E-state index in [9.17, 15) is 4.79 Å². The van der Waals surface area contributed by atoms with E-state index in [1.165, 1.54) is 30.6 Å². The molecule has 1 N–H and O–H groups in total. The van der Waals surface area contributed by atoms with Crippen LogP contribution in [0.25, 0.3) is 4.96 Å². The minimum atomic E-state index is 0. The highest BCUT2D eigenvalue weighted by Gasteiger charge is 2.29. The average Bonchev–Trinajstić information content (AvgIpc) is 2.99. The quantitative estimate of drug-likeness (QED) is 0.908. The molecule has 7 heteroatoms. The minimum Gasteiger partial charge on any atom is -0.310 e. The summed E-state index contributed by atoms with van der Waals surface area (Å²) in [7, 11) is 0. The smallest absolute Gasteiger partial charge is 0.258 e. The summed E-state index contributed by atoms with van der Waals surface area (Å²) in [5, 5.41) is 5.58. The molecule has 2 aromatic heterocycles. The largest absolute Gasteiger partial charge is 0.310 e. The number of hydrogen-bond donors (Lipinski definition) is 1. The maximum absolute atomic E-state index is 12.0. The third kappa shape index (κ3) is 2.99. The van der Waals surface area contributed by atoms with Gasteiger partial charge in [0.2, 0.25) is 0 Å². The molecule has 2 unspecified atom stereocenters. The molecule has 0 radical (unpaired) electrons. The van der Waals surface area contributed by atoms with E-state index in [4.69, 9.17) is 0 Å². The van der Waals surface area contributed by atoms with Gasteiger partial charge >= 0.3 is 0 Å². The Bertz CT molecular complexity index is 685. The van der Waals surface area contributed by atoms with E-state index in [0.717, 1.165) is 30.3 Å². The van der Waals surface area contributed by atoms with Crippen LogP contribution in [0.3, 0.4) is 0 Å². The molecule has 4 heterocycles. The average molecular weight is 327 g/mol. The maximum Gasteiger partial charge on any atom is 0.258 e. The standard InChI is InChI=1S/C14H18N4OS.ClH/c19-13-7-12(16-14-18(13)5-6-20-14)9-17-4-3-10-1-2-11(8-17)15-10;/h5-7,10-11,15H,1-4,8-9H2;1H. The molecule has 2 bridgehead atoms. The highest BCUT2D eigenvalue weighted by Crippen LogP contribution is 2.21. The zero-order chi connectivity index (χ0) is 13.5. The molecule has 0 spiro atoms. The molecule has 4 rings (SSSR count). The van der Waals surface area contributed by atoms with Crippen LogP contribution < -0.4 is 10.9 Å². The number of nitrogens with one attached hydrogen (secondary N) is 1. The fraction of sp³-hybridized carbons (Fsp3) is 0.571. The second-order valence-electron chi connectivity index (χ2n) is 5.80. The molecule has 0 aromatic carbocycles. The summed E-state index contributed by atoms with van der Waals surface area (Å²) in [6.45, 7) is 2.95. The first-order valence-electron chi connectivity index (χ1n) is 7.22. The molecule has 2 aromatic rings. The van der Waals surface area contributed by atoms with Crippen LogP contribution in [0.4, 0.5) is 0 Å². The Labute approximate surface area is 133 Å². The third-order valence-corrected chi connectivity index (χ3v) is 5.11. The van der Waals surface area contributed by atoms with Gasteiger partial charge in [0.15, 0.2) is 4.96 Å². The van der Waals surface area contributed by atoms with E-state index in [1.54, 1.807) is 16.7 Å². The van der Waals surface area contributed by atoms with Crippen molar-refractivity contribution >= 4 is 28.7 Å². The summed E-state index contributed by atoms with van der Waals surface area (Å²) in [5.41, 5.74) is 0.927. The highest BCUT2D eigenvalue weighted by atomic mass is 35.5. The molecule has 114 valence electrons. The molecule has 0 amide bonds. The van der Waals surface area contributed by atoms with Gasteiger partial charge in [-0.1, -0.05) is 0 Å². The van der Waals surface area contributed by atoms with Crippen LogP contribution in [-0.4, -0.2) is 39.5 Å². The predicted octanol–water partition coefficient (Wildman–Crippen LogP) is 1.50. The third-order valence-electron chi connectivity index (χ3n) is 4.35. The first-order valence-corrected chi connectivity index (χ1v) is 8.10. The first-order chi connectivity index (χ1) is 9.78. The first kappa shape index (κ1) is 15.0. The molecular formula is C14H19ClN4OS. The van der Waals surface area contributed by atoms with Gasteiger partial charge in [0, 0.05) is 49.4 Å². The van der Waals surface area contributed by atoms with Crippen LogP contribution in [0, 0.1) is 0 Å². The number of thiazole rings is 1. The molecule has 0 saturated carbocycles. The second kappa shape index (κ2) is 6.04. The molecule has 5 nitrogen and oxygen atoms in total. The van der Waals surface area contributed by atoms with Crippen molar-refractivity contribution in [3.8, 4) is 0 Å². The van der Waals surface area contributed by atoms with Crippen molar-refractivity contribution < 1.29 is 0 Å². The van der Waals surface area contributed by atoms with E-state index in [-0.39, 0.29) is 18.0 Å². The van der Waals surface area contributed by atoms with Crippen molar-refractivity contribution in [2.75, 3.05) is 13.1 Å². The van der Waals surface area contributed by atoms with Crippen LogP contribution >= 0.6 is 23.7 Å². The molecule has 0 aliphatic carbocycles. The monoisotopic (exact) mass is 326 g/mol. The Kier molecular flexibility index (Phi) is 4.31. The number of hydrogen-bond acceptors (Lipinski definition) is 5. The van der Waals surface area contributed by atoms with E-state index >= 15 is 0 Å². The van der Waals surface area contributed by atoms with E-state index < -0.39 is 0 Å². The summed E-state index contributed by atoms with van der Waals surface area (Å²) in [6, 6.07) is 2.99. The van der Waals surface area contributed by atoms with E-state index in [1.807, 2.05) is 5.38 Å². The normalized spacial score (nSPS) is 25.7. The Hall–Kier alpha value is -0.950. The number of nitrogens with zero attached hydrogens (tertiary/aromatic N) is 3. The summed E-state index contributed by atoms with van der Waals surface area (Å²) in [5.74, 6) is 0. The summed E-state index contributed by atoms with van der Waals surface area (Å²) in [6.07, 6.45) is 5.59. The van der Waals surface area contributed by atoms with Gasteiger partial charge in [0.05, 0.1) is 5.69 Å². The number of halogens is 1. The Balaban J connectivity index is 0.00000132. The fourth-order valence-corrected chi connectivity index (χ4v) is 4.10. The highest BCUT2D eigenvalue weighted by molar-refractivity contribution is 7.15. The number of aromatic nitrogens is 2. The Morgan fingerprint density at radius 1 is 1.33 bits per heavy atom. The van der Waals surface area contributed by atoms with Gasteiger partial charge in [0.1, 0.15) is 0 Å². The lowest BCUT2D eigenvalue weighted by Gasteiger charge is -2.23. The molecule has 2 fully saturated rings. The van der Waals surface area contributed by atoms with Gasteiger partial charge in [0.25, 0.3) is 5.56 Å². The van der Waals surface area contributed by atoms with Gasteiger partial charge in [-0.25, -0.2) is 4.98 Å². The van der Waals surface area contributed by atoms with Gasteiger partial charge in [-0.2, -0.15) is 0 Å². The van der Waals surface area contributed by atoms with Crippen molar-refractivity contribution in [1.82, 2.24) is 19.6 Å². The van der Waals surface area contributed by atoms with Gasteiger partial charge in [-0.3, -0.25) is 14.1 Å². The summed E-state index contributed by atoms with van der Waals surface area (Å²) < 4.78 is 1.61. The van der Waals surface area contributed by atoms with Crippen molar-refractivity contribution in [1.29, 1.82) is 0 Å². The van der Waals surface area contributed by atoms with Crippen LogP contribution in [0.5, 0.6) is 0 Å². The van der Waals surface area contributed by atoms with Crippen molar-refractivity contribution in [3.05, 3.63) is 33.7 Å². The van der Waals surface area contributed by atoms with Gasteiger partial charge < -0.3 is 5.32 Å². The van der Waals surface area contributed by atoms with Crippen molar-refractivity contribution in [2.24, 2.45) is 0 Å². The Morgan fingerprint density at radius 2 is 2.19 bits per heavy atom. The molecular weight excluding hydrogens is 308 g/mol. The molecule has 2 aliphatic rings.